The molecule has 1 saturated heterocycles. The van der Waals surface area contributed by atoms with Gasteiger partial charge in [-0.1, -0.05) is 37.6 Å². The highest BCUT2D eigenvalue weighted by Gasteiger charge is 2.57. The van der Waals surface area contributed by atoms with Crippen LogP contribution in [0.25, 0.3) is 5.57 Å². The Kier molecular flexibility index (Phi) is 8.37. The van der Waals surface area contributed by atoms with Crippen LogP contribution in [-0.4, -0.2) is 81.4 Å². The quantitative estimate of drug-likeness (QED) is 0.282. The van der Waals surface area contributed by atoms with Gasteiger partial charge in [0.2, 0.25) is 6.29 Å². The summed E-state index contributed by atoms with van der Waals surface area (Å²) in [5.74, 6) is 1.37. The first kappa shape index (κ1) is 29.9. The van der Waals surface area contributed by atoms with E-state index in [1.54, 1.807) is 0 Å². The number of rotatable bonds is 7. The van der Waals surface area contributed by atoms with E-state index in [9.17, 15) is 25.2 Å². The zero-order valence-corrected chi connectivity index (χ0v) is 24.6. The normalized spacial score (nSPS) is 43.0. The Hall–Kier alpha value is -2.14. The van der Waals surface area contributed by atoms with Gasteiger partial charge >= 0.3 is 5.97 Å². The summed E-state index contributed by atoms with van der Waals surface area (Å²) < 4.78 is 16.6. The predicted octanol–water partition coefficient (Wildman–Crippen LogP) is 3.16. The zero-order valence-electron chi connectivity index (χ0n) is 24.6. The lowest BCUT2D eigenvalue weighted by Crippen LogP contribution is -2.59. The number of fused-ring (bicyclic) bond motifs is 5. The molecule has 1 aromatic rings. The number of aliphatic hydroxyl groups is 4. The molecule has 0 bridgehead atoms. The second-order valence-electron chi connectivity index (χ2n) is 13.5. The number of allylic oxidation sites excluding steroid dienone is 3. The molecule has 0 aromatic carbocycles. The third-order valence-electron chi connectivity index (χ3n) is 11.4. The van der Waals surface area contributed by atoms with Crippen LogP contribution < -0.4 is 0 Å². The van der Waals surface area contributed by atoms with Crippen molar-refractivity contribution in [1.29, 1.82) is 0 Å². The molecule has 230 valence electrons. The minimum absolute atomic E-state index is 0.0287. The Labute approximate surface area is 247 Å². The number of pyridine rings is 1. The van der Waals surface area contributed by atoms with Crippen LogP contribution in [0, 0.1) is 28.6 Å². The molecule has 4 N–H and O–H groups in total. The molecule has 1 aliphatic heterocycles. The lowest BCUT2D eigenvalue weighted by Gasteiger charge is -2.58. The van der Waals surface area contributed by atoms with Crippen LogP contribution in [0.5, 0.6) is 0 Å². The number of aromatic nitrogens is 1. The van der Waals surface area contributed by atoms with E-state index in [1.165, 1.54) is 29.6 Å². The number of esters is 1. The first-order valence-corrected chi connectivity index (χ1v) is 15.6. The number of nitrogens with zero attached hydrogens (tertiary/aromatic N) is 1. The zero-order chi connectivity index (χ0) is 29.6. The number of aliphatic hydroxyl groups excluding tert-OH is 4. The van der Waals surface area contributed by atoms with Gasteiger partial charge in [-0.3, -0.25) is 9.78 Å². The molecule has 42 heavy (non-hydrogen) atoms. The molecule has 1 unspecified atom stereocenters. The van der Waals surface area contributed by atoms with Gasteiger partial charge in [-0.2, -0.15) is 0 Å². The first-order valence-electron chi connectivity index (χ1n) is 15.6. The Balaban J connectivity index is 1.03. The summed E-state index contributed by atoms with van der Waals surface area (Å²) in [6.45, 7) is 4.55. The summed E-state index contributed by atoms with van der Waals surface area (Å²) >= 11 is 0. The van der Waals surface area contributed by atoms with E-state index in [4.69, 9.17) is 14.2 Å². The number of ether oxygens (including phenoxy) is 3. The smallest absolute Gasteiger partial charge is 0.310 e. The highest BCUT2D eigenvalue weighted by Crippen LogP contribution is 2.66. The van der Waals surface area contributed by atoms with Crippen LogP contribution >= 0.6 is 0 Å². The van der Waals surface area contributed by atoms with Crippen LogP contribution in [0.1, 0.15) is 70.8 Å². The Morgan fingerprint density at radius 2 is 1.86 bits per heavy atom. The summed E-state index contributed by atoms with van der Waals surface area (Å²) in [4.78, 5) is 16.8. The minimum atomic E-state index is -1.61. The summed E-state index contributed by atoms with van der Waals surface area (Å²) in [6, 6.07) is 4.24. The molecule has 11 atom stereocenters. The standard InChI is InChI=1S/C33H45NO8/c1-32-12-9-21(40-15-11-27(36)42-31-30(39)29(38)28(37)26(18-35)41-31)16-20(32)5-6-22-24-8-7-23(19-4-3-14-34-17-19)33(24,2)13-10-25(22)32/h3-5,7,14,17,21-22,24-26,28-31,35,37-39H,6,8-13,15-16,18H2,1-2H3/t21-,22-,24-,25?,26+,28+,29-,30+,31-,32-,33+/m0/s1. The van der Waals surface area contributed by atoms with Crippen molar-refractivity contribution in [2.45, 2.75) is 102 Å². The predicted molar refractivity (Wildman–Crippen MR) is 154 cm³/mol. The number of hydrogen-bond donors (Lipinski definition) is 4. The number of carbonyl (C=O) groups is 1. The van der Waals surface area contributed by atoms with Crippen LogP contribution in [-0.2, 0) is 19.0 Å². The fourth-order valence-corrected chi connectivity index (χ4v) is 8.97. The lowest BCUT2D eigenvalue weighted by molar-refractivity contribution is -0.292. The summed E-state index contributed by atoms with van der Waals surface area (Å²) in [5, 5.41) is 39.2. The summed E-state index contributed by atoms with van der Waals surface area (Å²) in [6.07, 6.45) is 9.18. The average molecular weight is 584 g/mol. The Morgan fingerprint density at radius 3 is 2.62 bits per heavy atom. The molecule has 9 heteroatoms. The molecular weight excluding hydrogens is 538 g/mol. The van der Waals surface area contributed by atoms with Gasteiger partial charge in [-0.15, -0.1) is 0 Å². The fraction of sp³-hybridized carbons (Fsp3) is 0.697. The van der Waals surface area contributed by atoms with E-state index in [2.05, 4.69) is 37.0 Å². The van der Waals surface area contributed by atoms with Crippen LogP contribution in [0.2, 0.25) is 0 Å². The Morgan fingerprint density at radius 1 is 1.05 bits per heavy atom. The summed E-state index contributed by atoms with van der Waals surface area (Å²) in [5.41, 5.74) is 4.65. The average Bonchev–Trinajstić information content (AvgIpc) is 3.35. The molecule has 2 heterocycles. The molecule has 0 radical (unpaired) electrons. The molecule has 1 aromatic heterocycles. The molecule has 0 amide bonds. The van der Waals surface area contributed by atoms with Gasteiger partial charge in [0.1, 0.15) is 24.4 Å². The van der Waals surface area contributed by atoms with Gasteiger partial charge in [-0.25, -0.2) is 0 Å². The third kappa shape index (κ3) is 5.16. The van der Waals surface area contributed by atoms with Crippen LogP contribution in [0.15, 0.2) is 42.3 Å². The molecule has 3 fully saturated rings. The topological polar surface area (TPSA) is 139 Å². The molecule has 0 spiro atoms. The van der Waals surface area contributed by atoms with Crippen molar-refractivity contribution in [3.63, 3.8) is 0 Å². The molecule has 4 aliphatic carbocycles. The van der Waals surface area contributed by atoms with Crippen molar-refractivity contribution in [2.24, 2.45) is 28.6 Å². The fourth-order valence-electron chi connectivity index (χ4n) is 8.97. The molecule has 2 saturated carbocycles. The largest absolute Gasteiger partial charge is 0.433 e. The van der Waals surface area contributed by atoms with E-state index in [0.29, 0.717) is 17.8 Å². The molecule has 5 aliphatic rings. The maximum absolute atomic E-state index is 12.4. The minimum Gasteiger partial charge on any atom is -0.433 e. The molecule has 9 nitrogen and oxygen atoms in total. The van der Waals surface area contributed by atoms with Crippen molar-refractivity contribution in [3.05, 3.63) is 47.8 Å². The highest BCUT2D eigenvalue weighted by molar-refractivity contribution is 5.72. The third-order valence-corrected chi connectivity index (χ3v) is 11.4. The molecule has 6 rings (SSSR count). The van der Waals surface area contributed by atoms with E-state index >= 15 is 0 Å². The number of hydrogen-bond acceptors (Lipinski definition) is 9. The van der Waals surface area contributed by atoms with E-state index in [1.807, 2.05) is 18.5 Å². The van der Waals surface area contributed by atoms with Gasteiger partial charge in [0.15, 0.2) is 0 Å². The molecular formula is C33H45NO8. The van der Waals surface area contributed by atoms with Crippen molar-refractivity contribution >= 4 is 11.5 Å². The van der Waals surface area contributed by atoms with Crippen LogP contribution in [0.4, 0.5) is 0 Å². The van der Waals surface area contributed by atoms with Crippen molar-refractivity contribution in [3.8, 4) is 0 Å². The van der Waals surface area contributed by atoms with E-state index in [0.717, 1.165) is 32.1 Å². The first-order chi connectivity index (χ1) is 20.2. The second kappa shape index (κ2) is 11.7. The van der Waals surface area contributed by atoms with E-state index < -0.39 is 43.3 Å². The van der Waals surface area contributed by atoms with Gasteiger partial charge in [0, 0.05) is 12.4 Å². The highest BCUT2D eigenvalue weighted by atomic mass is 16.7. The van der Waals surface area contributed by atoms with Gasteiger partial charge in [0.05, 0.1) is 25.7 Å². The van der Waals surface area contributed by atoms with Gasteiger partial charge in [0.25, 0.3) is 0 Å². The van der Waals surface area contributed by atoms with Crippen molar-refractivity contribution in [2.75, 3.05) is 13.2 Å². The van der Waals surface area contributed by atoms with Crippen molar-refractivity contribution < 1.29 is 39.4 Å². The SMILES string of the molecule is C[C@]12CC[C@H](OCCC(=O)O[C@@H]3O[C@H](CO)[C@@H](O)[C@H](O)[C@H]3O)CC1=CC[C@@H]1C2CC[C@]2(C)C(c3cccnc3)=CC[C@@H]12. The maximum atomic E-state index is 12.4. The van der Waals surface area contributed by atoms with Gasteiger partial charge < -0.3 is 34.6 Å². The maximum Gasteiger partial charge on any atom is 0.310 e. The lowest BCUT2D eigenvalue weighted by atomic mass is 9.47. The van der Waals surface area contributed by atoms with Crippen molar-refractivity contribution in [1.82, 2.24) is 4.98 Å². The second-order valence-corrected chi connectivity index (χ2v) is 13.5. The van der Waals surface area contributed by atoms with Gasteiger partial charge in [-0.05, 0) is 90.7 Å². The van der Waals surface area contributed by atoms with Crippen LogP contribution in [0.3, 0.4) is 0 Å². The number of carbonyl (C=O) groups excluding carboxylic acids is 1. The Bertz CT molecular complexity index is 1200. The monoisotopic (exact) mass is 583 g/mol. The van der Waals surface area contributed by atoms with E-state index in [-0.39, 0.29) is 30.0 Å². The summed E-state index contributed by atoms with van der Waals surface area (Å²) in [7, 11) is 0.